The van der Waals surface area contributed by atoms with Crippen LogP contribution in [0, 0.1) is 23.7 Å². The first-order valence-corrected chi connectivity index (χ1v) is 23.5. The van der Waals surface area contributed by atoms with Gasteiger partial charge in [0, 0.05) is 61.0 Å². The number of hydrogen-bond donors (Lipinski definition) is 2. The summed E-state index contributed by atoms with van der Waals surface area (Å²) in [5.41, 5.74) is 6.76. The van der Waals surface area contributed by atoms with Crippen molar-refractivity contribution in [1.29, 1.82) is 0 Å². The van der Waals surface area contributed by atoms with Gasteiger partial charge in [-0.2, -0.15) is 0 Å². The molecule has 15 heteroatoms. The van der Waals surface area contributed by atoms with E-state index in [9.17, 15) is 19.2 Å². The van der Waals surface area contributed by atoms with Crippen LogP contribution < -0.4 is 20.4 Å². The fraction of sp³-hybridized carbons (Fsp3) is 0.407. The molecule has 0 radical (unpaired) electrons. The van der Waals surface area contributed by atoms with Gasteiger partial charge >= 0.3 is 0 Å². The summed E-state index contributed by atoms with van der Waals surface area (Å²) in [4.78, 5) is 55.1. The number of fused-ring (bicyclic) bond motifs is 4. The molecular formula is C54H62N4O11. The number of nitrogens with one attached hydrogen (secondary N) is 2. The molecule has 69 heavy (non-hydrogen) atoms. The van der Waals surface area contributed by atoms with Gasteiger partial charge in [-0.3, -0.25) is 19.2 Å². The van der Waals surface area contributed by atoms with Crippen LogP contribution in [0.5, 0.6) is 0 Å². The van der Waals surface area contributed by atoms with Crippen molar-refractivity contribution >= 4 is 35.0 Å². The van der Waals surface area contributed by atoms with Crippen molar-refractivity contribution in [2.24, 2.45) is 0 Å². The molecular weight excluding hydrogens is 881 g/mol. The van der Waals surface area contributed by atoms with Gasteiger partial charge in [-0.05, 0) is 47.5 Å². The minimum absolute atomic E-state index is 0.0764. The molecule has 0 bridgehead atoms. The first-order chi connectivity index (χ1) is 34.0. The highest BCUT2D eigenvalue weighted by Crippen LogP contribution is 2.27. The fourth-order valence-electron chi connectivity index (χ4n) is 7.25. The Morgan fingerprint density at radius 2 is 0.667 bits per heavy atom. The summed E-state index contributed by atoms with van der Waals surface area (Å²) in [5, 5.41) is 5.63. The van der Waals surface area contributed by atoms with Crippen molar-refractivity contribution in [2.75, 3.05) is 115 Å². The lowest BCUT2D eigenvalue weighted by molar-refractivity contribution is -0.125. The molecule has 4 aromatic carbocycles. The van der Waals surface area contributed by atoms with Crippen LogP contribution in [0.25, 0.3) is 0 Å². The molecule has 4 aromatic rings. The molecule has 0 saturated heterocycles. The molecule has 2 heterocycles. The van der Waals surface area contributed by atoms with Crippen LogP contribution in [0.4, 0.5) is 11.4 Å². The third-order valence-electron chi connectivity index (χ3n) is 10.8. The first kappa shape index (κ1) is 52.0. The Bertz CT molecular complexity index is 2240. The van der Waals surface area contributed by atoms with E-state index in [0.29, 0.717) is 119 Å². The Balaban J connectivity index is 0.660. The number of rotatable bonds is 30. The second-order valence-corrected chi connectivity index (χ2v) is 15.8. The van der Waals surface area contributed by atoms with E-state index in [2.05, 4.69) is 34.3 Å². The summed E-state index contributed by atoms with van der Waals surface area (Å²) in [6.07, 6.45) is 0.310. The predicted molar refractivity (Wildman–Crippen MR) is 260 cm³/mol. The predicted octanol–water partition coefficient (Wildman–Crippen LogP) is 4.79. The van der Waals surface area contributed by atoms with Gasteiger partial charge in [0.15, 0.2) is 0 Å². The zero-order valence-corrected chi connectivity index (χ0v) is 39.2. The van der Waals surface area contributed by atoms with Gasteiger partial charge in [0.1, 0.15) is 0 Å². The molecule has 4 amide bonds. The van der Waals surface area contributed by atoms with Crippen LogP contribution in [0.1, 0.15) is 59.1 Å². The third-order valence-corrected chi connectivity index (χ3v) is 10.8. The quantitative estimate of drug-likeness (QED) is 0.0547. The summed E-state index contributed by atoms with van der Waals surface area (Å²) < 4.78 is 38.8. The molecule has 0 aromatic heterocycles. The Morgan fingerprint density at radius 3 is 1.03 bits per heavy atom. The topological polar surface area (TPSA) is 163 Å². The average Bonchev–Trinajstić information content (AvgIpc) is 3.36. The maximum Gasteiger partial charge on any atom is 0.227 e. The van der Waals surface area contributed by atoms with Crippen molar-refractivity contribution in [3.8, 4) is 23.7 Å². The molecule has 364 valence electrons. The van der Waals surface area contributed by atoms with E-state index in [0.717, 1.165) is 44.8 Å². The van der Waals surface area contributed by atoms with Crippen molar-refractivity contribution in [2.45, 2.75) is 38.8 Å². The van der Waals surface area contributed by atoms with E-state index in [1.165, 1.54) is 0 Å². The number of carbonyl (C=O) groups excluding carboxylic acids is 4. The third kappa shape index (κ3) is 18.2. The Morgan fingerprint density at radius 1 is 0.377 bits per heavy atom. The van der Waals surface area contributed by atoms with Crippen molar-refractivity contribution in [1.82, 2.24) is 10.6 Å². The molecule has 15 nitrogen and oxygen atoms in total. The van der Waals surface area contributed by atoms with Crippen LogP contribution in [-0.4, -0.2) is 129 Å². The number of para-hydroxylation sites is 2. The Labute approximate surface area is 405 Å². The minimum Gasteiger partial charge on any atom is -0.377 e. The maximum atomic E-state index is 13.3. The molecule has 2 aliphatic rings. The summed E-state index contributed by atoms with van der Waals surface area (Å²) >= 11 is 0. The standard InChI is InChI=1S/C54H62N4O11/c59-51(21-23-53(61)57-41-47-13-3-1-9-43(47)17-19-45-11-5-7-15-49(45)57)55-25-27-63-29-31-65-33-35-67-37-39-69-40-38-68-36-34-66-32-30-64-28-26-56-52(60)22-24-54(62)58-42-48-14-4-2-10-44(48)18-20-46-12-6-8-16-50(46)58/h1-16H,21-42H2,(H,55,59)(H,56,60). The van der Waals surface area contributed by atoms with Crippen LogP contribution in [0.3, 0.4) is 0 Å². The molecule has 6 rings (SSSR count). The number of hydrogen-bond acceptors (Lipinski definition) is 11. The summed E-state index contributed by atoms with van der Waals surface area (Å²) in [6, 6.07) is 30.7. The minimum atomic E-state index is -0.210. The lowest BCUT2D eigenvalue weighted by atomic mass is 10.0. The Kier molecular flexibility index (Phi) is 22.7. The van der Waals surface area contributed by atoms with Gasteiger partial charge in [-0.25, -0.2) is 0 Å². The Hall–Kier alpha value is -6.40. The zero-order valence-electron chi connectivity index (χ0n) is 39.2. The number of carbonyl (C=O) groups is 4. The van der Waals surface area contributed by atoms with Gasteiger partial charge in [0.25, 0.3) is 0 Å². The molecule has 2 aliphatic heterocycles. The maximum absolute atomic E-state index is 13.3. The molecule has 0 unspecified atom stereocenters. The van der Waals surface area contributed by atoms with Gasteiger partial charge in [0.05, 0.1) is 117 Å². The second kappa shape index (κ2) is 30.2. The summed E-state index contributed by atoms with van der Waals surface area (Å²) in [5.74, 6) is 12.1. The average molecular weight is 943 g/mol. The lowest BCUT2D eigenvalue weighted by Crippen LogP contribution is -2.34. The van der Waals surface area contributed by atoms with Crippen molar-refractivity contribution in [3.05, 3.63) is 130 Å². The van der Waals surface area contributed by atoms with Gasteiger partial charge in [-0.15, -0.1) is 0 Å². The van der Waals surface area contributed by atoms with Crippen LogP contribution in [0.2, 0.25) is 0 Å². The fourth-order valence-corrected chi connectivity index (χ4v) is 7.25. The van der Waals surface area contributed by atoms with Crippen molar-refractivity contribution in [3.63, 3.8) is 0 Å². The summed E-state index contributed by atoms with van der Waals surface area (Å²) in [6.45, 7) is 7.13. The highest BCUT2D eigenvalue weighted by atomic mass is 16.6. The number of benzene rings is 4. The molecule has 0 saturated carbocycles. The van der Waals surface area contributed by atoms with E-state index in [1.54, 1.807) is 9.80 Å². The smallest absolute Gasteiger partial charge is 0.227 e. The van der Waals surface area contributed by atoms with Crippen LogP contribution >= 0.6 is 0 Å². The normalized spacial score (nSPS) is 12.2. The number of nitrogens with zero attached hydrogens (tertiary/aromatic N) is 2. The second-order valence-electron chi connectivity index (χ2n) is 15.8. The van der Waals surface area contributed by atoms with E-state index in [-0.39, 0.29) is 49.3 Å². The van der Waals surface area contributed by atoms with Crippen LogP contribution in [0.15, 0.2) is 97.1 Å². The first-order valence-electron chi connectivity index (χ1n) is 23.5. The largest absolute Gasteiger partial charge is 0.377 e. The van der Waals surface area contributed by atoms with Gasteiger partial charge in [0.2, 0.25) is 23.6 Å². The van der Waals surface area contributed by atoms with E-state index < -0.39 is 0 Å². The molecule has 0 spiro atoms. The molecule has 2 N–H and O–H groups in total. The van der Waals surface area contributed by atoms with E-state index in [1.807, 2.05) is 97.1 Å². The SMILES string of the molecule is O=C(CCC(=O)N1Cc2ccccc2C#Cc2ccccc21)NCCOCCOCCOCCOCCOCCOCCOCCNC(=O)CCC(=O)N1Cc2ccccc2C#Cc2ccccc21. The zero-order chi connectivity index (χ0) is 48.1. The molecule has 0 atom stereocenters. The van der Waals surface area contributed by atoms with Gasteiger partial charge < -0.3 is 53.6 Å². The molecule has 0 aliphatic carbocycles. The highest BCUT2D eigenvalue weighted by molar-refractivity contribution is 5.98. The monoisotopic (exact) mass is 942 g/mol. The lowest BCUT2D eigenvalue weighted by Gasteiger charge is -2.26. The molecule has 0 fully saturated rings. The van der Waals surface area contributed by atoms with Crippen LogP contribution in [-0.2, 0) is 65.4 Å². The number of ether oxygens (including phenoxy) is 7. The van der Waals surface area contributed by atoms with E-state index in [4.69, 9.17) is 33.2 Å². The number of amides is 4. The van der Waals surface area contributed by atoms with Gasteiger partial charge in [-0.1, -0.05) is 84.3 Å². The van der Waals surface area contributed by atoms with Crippen molar-refractivity contribution < 1.29 is 52.3 Å². The summed E-state index contributed by atoms with van der Waals surface area (Å²) in [7, 11) is 0. The highest BCUT2D eigenvalue weighted by Gasteiger charge is 2.23. The number of anilines is 2. The van der Waals surface area contributed by atoms with E-state index >= 15 is 0 Å².